The number of amides is 2. The highest BCUT2D eigenvalue weighted by atomic mass is 16.7. The van der Waals surface area contributed by atoms with Gasteiger partial charge >= 0.3 is 0 Å². The standard InChI is InChI=1S/C32H52N2O5/c1-19-7-12-32(38-18-19)20(2)29-26(39-32)16-25-23-6-5-21-15-22(34-28(37)17-27(36)33-13-14-35)8-10-30(21,3)24(23)9-11-31(25,29)4/h19-26,29,35H,5-18H2,1-4H3,(H,33,36)(H,34,37)/t19-,20-,21+,22?,23+,24-,25-,26-,29-,30-,31-,32+/m0/s1. The summed E-state index contributed by atoms with van der Waals surface area (Å²) in [4.78, 5) is 24.4. The molecule has 0 radical (unpaired) electrons. The number of carbonyl (C=O) groups is 2. The Morgan fingerprint density at radius 2 is 1.72 bits per heavy atom. The topological polar surface area (TPSA) is 96.9 Å². The van der Waals surface area contributed by atoms with E-state index in [1.165, 1.54) is 44.9 Å². The van der Waals surface area contributed by atoms with Crippen LogP contribution in [0.25, 0.3) is 0 Å². The number of carbonyl (C=O) groups excluding carboxylic acids is 2. The van der Waals surface area contributed by atoms with E-state index in [9.17, 15) is 9.59 Å². The zero-order valence-electron chi connectivity index (χ0n) is 24.7. The molecule has 4 saturated carbocycles. The summed E-state index contributed by atoms with van der Waals surface area (Å²) in [5.74, 6) is 3.83. The molecule has 0 aromatic rings. The van der Waals surface area contributed by atoms with Crippen LogP contribution in [0.4, 0.5) is 0 Å². The average molecular weight is 545 g/mol. The van der Waals surface area contributed by atoms with Gasteiger partial charge in [-0.2, -0.15) is 0 Å². The van der Waals surface area contributed by atoms with Gasteiger partial charge in [-0.15, -0.1) is 0 Å². The van der Waals surface area contributed by atoms with Crippen molar-refractivity contribution < 1.29 is 24.2 Å². The molecule has 7 nitrogen and oxygen atoms in total. The molecule has 0 bridgehead atoms. The van der Waals surface area contributed by atoms with E-state index in [-0.39, 0.29) is 43.2 Å². The zero-order valence-corrected chi connectivity index (χ0v) is 24.7. The summed E-state index contributed by atoms with van der Waals surface area (Å²) in [5, 5.41) is 14.6. The van der Waals surface area contributed by atoms with Crippen LogP contribution in [0.2, 0.25) is 0 Å². The summed E-state index contributed by atoms with van der Waals surface area (Å²) in [6.07, 6.45) is 12.1. The Morgan fingerprint density at radius 1 is 0.923 bits per heavy atom. The number of ether oxygens (including phenoxy) is 2. The van der Waals surface area contributed by atoms with Crippen LogP contribution in [0, 0.1) is 52.3 Å². The molecule has 39 heavy (non-hydrogen) atoms. The van der Waals surface area contributed by atoms with E-state index in [1.54, 1.807) is 0 Å². The Hall–Kier alpha value is -1.18. The Kier molecular flexibility index (Phi) is 7.36. The summed E-state index contributed by atoms with van der Waals surface area (Å²) >= 11 is 0. The summed E-state index contributed by atoms with van der Waals surface area (Å²) in [7, 11) is 0. The van der Waals surface area contributed by atoms with Crippen molar-refractivity contribution in [1.82, 2.24) is 10.6 Å². The number of rotatable bonds is 5. The number of fused-ring (bicyclic) bond motifs is 7. The van der Waals surface area contributed by atoms with Gasteiger partial charge in [0.1, 0.15) is 6.42 Å². The second-order valence-corrected chi connectivity index (χ2v) is 15.0. The third-order valence-corrected chi connectivity index (χ3v) is 13.1. The highest BCUT2D eigenvalue weighted by Crippen LogP contribution is 2.71. The lowest BCUT2D eigenvalue weighted by Crippen LogP contribution is -2.56. The van der Waals surface area contributed by atoms with Crippen LogP contribution in [0.3, 0.4) is 0 Å². The second-order valence-electron chi connectivity index (χ2n) is 15.0. The summed E-state index contributed by atoms with van der Waals surface area (Å²) < 4.78 is 13.4. The predicted octanol–water partition coefficient (Wildman–Crippen LogP) is 4.42. The SMILES string of the molecule is C[C@H]1CC[C@@]2(OC1)O[C@H]1C[C@H]3[C@@H]4CC[C@@H]5CC(NC(=O)CC(=O)NCCO)CC[C@]5(C)[C@H]4CC[C@]3(C)[C@H]1[C@@H]2C. The van der Waals surface area contributed by atoms with Crippen molar-refractivity contribution in [2.24, 2.45) is 52.3 Å². The third-order valence-electron chi connectivity index (χ3n) is 13.1. The molecule has 6 aliphatic rings. The van der Waals surface area contributed by atoms with Gasteiger partial charge in [-0.1, -0.05) is 27.7 Å². The summed E-state index contributed by atoms with van der Waals surface area (Å²) in [6, 6.07) is 0.168. The van der Waals surface area contributed by atoms with Crippen LogP contribution < -0.4 is 10.6 Å². The van der Waals surface area contributed by atoms with Crippen molar-refractivity contribution >= 4 is 11.8 Å². The maximum absolute atomic E-state index is 12.5. The van der Waals surface area contributed by atoms with Gasteiger partial charge in [0.2, 0.25) is 11.8 Å². The lowest BCUT2D eigenvalue weighted by Gasteiger charge is -2.61. The van der Waals surface area contributed by atoms with E-state index in [0.717, 1.165) is 43.6 Å². The number of hydrogen-bond acceptors (Lipinski definition) is 5. The Balaban J connectivity index is 1.10. The van der Waals surface area contributed by atoms with Crippen molar-refractivity contribution in [1.29, 1.82) is 0 Å². The van der Waals surface area contributed by atoms with Gasteiger partial charge in [0.15, 0.2) is 5.79 Å². The molecule has 0 aromatic heterocycles. The van der Waals surface area contributed by atoms with Crippen LogP contribution in [-0.2, 0) is 19.1 Å². The first-order chi connectivity index (χ1) is 18.6. The summed E-state index contributed by atoms with van der Waals surface area (Å²) in [5.41, 5.74) is 0.699. The number of aliphatic hydroxyl groups excluding tert-OH is 1. The monoisotopic (exact) mass is 544 g/mol. The van der Waals surface area contributed by atoms with Crippen molar-refractivity contribution in [3.8, 4) is 0 Å². The van der Waals surface area contributed by atoms with Gasteiger partial charge in [0, 0.05) is 24.9 Å². The van der Waals surface area contributed by atoms with Gasteiger partial charge in [-0.05, 0) is 104 Å². The molecule has 0 aromatic carbocycles. The van der Waals surface area contributed by atoms with Crippen LogP contribution in [0.1, 0.15) is 98.3 Å². The normalized spacial score (nSPS) is 50.4. The molecule has 220 valence electrons. The van der Waals surface area contributed by atoms with Gasteiger partial charge in [-0.25, -0.2) is 0 Å². The Labute approximate surface area is 234 Å². The van der Waals surface area contributed by atoms with Gasteiger partial charge in [0.25, 0.3) is 0 Å². The minimum Gasteiger partial charge on any atom is -0.395 e. The fourth-order valence-electron chi connectivity index (χ4n) is 11.1. The molecule has 1 unspecified atom stereocenters. The number of aliphatic hydroxyl groups is 1. The molecule has 4 aliphatic carbocycles. The van der Waals surface area contributed by atoms with Crippen LogP contribution in [0.5, 0.6) is 0 Å². The maximum Gasteiger partial charge on any atom is 0.229 e. The predicted molar refractivity (Wildman–Crippen MR) is 148 cm³/mol. The summed E-state index contributed by atoms with van der Waals surface area (Å²) in [6.45, 7) is 10.8. The first kappa shape index (κ1) is 28.0. The lowest BCUT2D eigenvalue weighted by atomic mass is 9.44. The van der Waals surface area contributed by atoms with Crippen LogP contribution in [-0.4, -0.2) is 54.6 Å². The smallest absolute Gasteiger partial charge is 0.229 e. The van der Waals surface area contributed by atoms with Gasteiger partial charge < -0.3 is 25.2 Å². The first-order valence-electron chi connectivity index (χ1n) is 16.1. The molecule has 2 saturated heterocycles. The van der Waals surface area contributed by atoms with Gasteiger partial charge in [0.05, 0.1) is 19.3 Å². The third kappa shape index (κ3) is 4.57. The van der Waals surface area contributed by atoms with E-state index >= 15 is 0 Å². The van der Waals surface area contributed by atoms with Crippen LogP contribution >= 0.6 is 0 Å². The molecule has 6 rings (SSSR count). The minimum atomic E-state index is -0.335. The van der Waals surface area contributed by atoms with Crippen molar-refractivity contribution in [2.45, 2.75) is 116 Å². The minimum absolute atomic E-state index is 0.111. The van der Waals surface area contributed by atoms with Gasteiger partial charge in [-0.3, -0.25) is 9.59 Å². The quantitative estimate of drug-likeness (QED) is 0.446. The molecule has 12 atom stereocenters. The van der Waals surface area contributed by atoms with E-state index in [1.807, 2.05) is 0 Å². The Bertz CT molecular complexity index is 949. The molecule has 7 heteroatoms. The van der Waals surface area contributed by atoms with Crippen molar-refractivity contribution in [3.05, 3.63) is 0 Å². The molecule has 3 N–H and O–H groups in total. The van der Waals surface area contributed by atoms with E-state index in [4.69, 9.17) is 14.6 Å². The second kappa shape index (κ2) is 10.3. The highest BCUT2D eigenvalue weighted by molar-refractivity contribution is 5.96. The fraction of sp³-hybridized carbons (Fsp3) is 0.938. The number of nitrogens with one attached hydrogen (secondary N) is 2. The molecule has 1 spiro atoms. The fourth-order valence-corrected chi connectivity index (χ4v) is 11.1. The Morgan fingerprint density at radius 3 is 2.46 bits per heavy atom. The largest absolute Gasteiger partial charge is 0.395 e. The number of hydrogen-bond donors (Lipinski definition) is 3. The van der Waals surface area contributed by atoms with E-state index < -0.39 is 0 Å². The molecule has 6 fully saturated rings. The molecule has 2 aliphatic heterocycles. The zero-order chi connectivity index (χ0) is 27.6. The molecular formula is C32H52N2O5. The van der Waals surface area contributed by atoms with Crippen LogP contribution in [0.15, 0.2) is 0 Å². The molecular weight excluding hydrogens is 492 g/mol. The molecule has 2 amide bonds. The highest BCUT2D eigenvalue weighted by Gasteiger charge is 2.69. The van der Waals surface area contributed by atoms with E-state index in [2.05, 4.69) is 38.3 Å². The first-order valence-corrected chi connectivity index (χ1v) is 16.1. The maximum atomic E-state index is 12.5. The van der Waals surface area contributed by atoms with Crippen molar-refractivity contribution in [3.63, 3.8) is 0 Å². The average Bonchev–Trinajstić information content (AvgIpc) is 3.34. The lowest BCUT2D eigenvalue weighted by molar-refractivity contribution is -0.273. The van der Waals surface area contributed by atoms with E-state index in [0.29, 0.717) is 40.6 Å². The van der Waals surface area contributed by atoms with Crippen molar-refractivity contribution in [2.75, 3.05) is 19.8 Å². The molecule has 2 heterocycles.